The normalized spacial score (nSPS) is 13.3. The summed E-state index contributed by atoms with van der Waals surface area (Å²) >= 11 is 3.96. The highest BCUT2D eigenvalue weighted by molar-refractivity contribution is 8.02. The summed E-state index contributed by atoms with van der Waals surface area (Å²) in [4.78, 5) is 4.13. The van der Waals surface area contributed by atoms with Crippen LogP contribution in [-0.2, 0) is 17.7 Å². The second-order valence-corrected chi connectivity index (χ2v) is 8.79. The van der Waals surface area contributed by atoms with Crippen LogP contribution in [0.3, 0.4) is 0 Å². The molecule has 1 aromatic heterocycles. The number of aromatic nitrogens is 2. The molecule has 0 spiro atoms. The van der Waals surface area contributed by atoms with E-state index in [2.05, 4.69) is 60.8 Å². The predicted octanol–water partition coefficient (Wildman–Crippen LogP) is 4.85. The summed E-state index contributed by atoms with van der Waals surface area (Å²) in [6, 6.07) is 9.10. The highest BCUT2D eigenvalue weighted by atomic mass is 32.2. The summed E-state index contributed by atoms with van der Waals surface area (Å²) < 4.78 is 2.18. The van der Waals surface area contributed by atoms with E-state index in [1.165, 1.54) is 16.9 Å². The molecular weight excluding hydrogens is 308 g/mol. The van der Waals surface area contributed by atoms with Gasteiger partial charge in [0.25, 0.3) is 0 Å². The molecule has 0 fully saturated rings. The fourth-order valence-electron chi connectivity index (χ4n) is 2.28. The van der Waals surface area contributed by atoms with Gasteiger partial charge in [0.2, 0.25) is 0 Å². The van der Waals surface area contributed by atoms with Crippen LogP contribution < -0.4 is 0 Å². The van der Waals surface area contributed by atoms with Crippen molar-refractivity contribution >= 4 is 23.5 Å². The van der Waals surface area contributed by atoms with Crippen molar-refractivity contribution in [3.8, 4) is 0 Å². The Morgan fingerprint density at radius 1 is 1.18 bits per heavy atom. The quantitative estimate of drug-likeness (QED) is 0.721. The van der Waals surface area contributed by atoms with Gasteiger partial charge >= 0.3 is 0 Å². The molecule has 1 atom stereocenters. The van der Waals surface area contributed by atoms with Crippen LogP contribution in [0.5, 0.6) is 0 Å². The molecular formula is C18H26N2S2. The topological polar surface area (TPSA) is 17.8 Å². The number of imidazole rings is 1. The van der Waals surface area contributed by atoms with Crippen molar-refractivity contribution in [2.24, 2.45) is 0 Å². The molecule has 1 unspecified atom stereocenters. The van der Waals surface area contributed by atoms with E-state index in [9.17, 15) is 0 Å². The van der Waals surface area contributed by atoms with E-state index >= 15 is 0 Å². The molecule has 0 saturated carbocycles. The van der Waals surface area contributed by atoms with Crippen LogP contribution in [-0.4, -0.2) is 26.8 Å². The first kappa shape index (κ1) is 17.5. The van der Waals surface area contributed by atoms with Crippen LogP contribution >= 0.6 is 23.5 Å². The van der Waals surface area contributed by atoms with Crippen molar-refractivity contribution in [1.29, 1.82) is 0 Å². The third-order valence-corrected chi connectivity index (χ3v) is 5.87. The highest BCUT2D eigenvalue weighted by Gasteiger charge is 2.14. The Labute approximate surface area is 143 Å². The predicted molar refractivity (Wildman–Crippen MR) is 101 cm³/mol. The molecule has 2 nitrogen and oxygen atoms in total. The van der Waals surface area contributed by atoms with Gasteiger partial charge in [-0.15, -0.1) is 0 Å². The van der Waals surface area contributed by atoms with Crippen molar-refractivity contribution in [3.05, 3.63) is 54.1 Å². The van der Waals surface area contributed by atoms with Gasteiger partial charge in [-0.1, -0.05) is 45.0 Å². The molecule has 0 aliphatic heterocycles. The minimum Gasteiger partial charge on any atom is -0.336 e. The Morgan fingerprint density at radius 3 is 2.45 bits per heavy atom. The zero-order valence-corrected chi connectivity index (χ0v) is 15.6. The Hall–Kier alpha value is -0.870. The van der Waals surface area contributed by atoms with Gasteiger partial charge in [-0.2, -0.15) is 23.5 Å². The van der Waals surface area contributed by atoms with Gasteiger partial charge in [-0.25, -0.2) is 4.98 Å². The van der Waals surface area contributed by atoms with Gasteiger partial charge in [0.15, 0.2) is 0 Å². The zero-order valence-electron chi connectivity index (χ0n) is 14.0. The summed E-state index contributed by atoms with van der Waals surface area (Å²) in [5.41, 5.74) is 3.05. The van der Waals surface area contributed by atoms with Crippen molar-refractivity contribution < 1.29 is 0 Å². The first-order chi connectivity index (χ1) is 10.5. The lowest BCUT2D eigenvalue weighted by molar-refractivity contribution is 0.590. The third kappa shape index (κ3) is 5.40. The highest BCUT2D eigenvalue weighted by Crippen LogP contribution is 2.25. The van der Waals surface area contributed by atoms with Crippen molar-refractivity contribution in [3.63, 3.8) is 0 Å². The van der Waals surface area contributed by atoms with Crippen LogP contribution in [0.2, 0.25) is 0 Å². The standard InChI is InChI=1S/C18H26N2S2/c1-18(2,3)16-7-5-15(6-8-16)12-22-17(13-21-4)11-20-10-9-19-14-20/h5-10,14,17H,11-13H2,1-4H3. The molecule has 0 saturated heterocycles. The number of hydrogen-bond acceptors (Lipinski definition) is 3. The van der Waals surface area contributed by atoms with E-state index in [4.69, 9.17) is 0 Å². The Morgan fingerprint density at radius 2 is 1.91 bits per heavy atom. The number of thioether (sulfide) groups is 2. The molecule has 0 aliphatic rings. The van der Waals surface area contributed by atoms with Gasteiger partial charge in [-0.05, 0) is 22.8 Å². The average Bonchev–Trinajstić information content (AvgIpc) is 2.97. The molecule has 0 amide bonds. The van der Waals surface area contributed by atoms with Crippen LogP contribution in [0.25, 0.3) is 0 Å². The first-order valence-corrected chi connectivity index (χ1v) is 10.1. The van der Waals surface area contributed by atoms with E-state index < -0.39 is 0 Å². The lowest BCUT2D eigenvalue weighted by Crippen LogP contribution is -2.15. The monoisotopic (exact) mass is 334 g/mol. The van der Waals surface area contributed by atoms with E-state index in [1.54, 1.807) is 0 Å². The molecule has 0 radical (unpaired) electrons. The summed E-state index contributed by atoms with van der Waals surface area (Å²) in [6.07, 6.45) is 7.99. The summed E-state index contributed by atoms with van der Waals surface area (Å²) in [5.74, 6) is 2.24. The fraction of sp³-hybridized carbons (Fsp3) is 0.500. The largest absolute Gasteiger partial charge is 0.336 e. The SMILES string of the molecule is CSCC(Cn1ccnc1)SCc1ccc(C(C)(C)C)cc1. The smallest absolute Gasteiger partial charge is 0.0946 e. The van der Waals surface area contributed by atoms with Crippen LogP contribution in [0.4, 0.5) is 0 Å². The van der Waals surface area contributed by atoms with Crippen molar-refractivity contribution in [1.82, 2.24) is 9.55 Å². The van der Waals surface area contributed by atoms with Gasteiger partial charge in [0.1, 0.15) is 0 Å². The molecule has 1 heterocycles. The third-order valence-electron chi connectivity index (χ3n) is 3.63. The van der Waals surface area contributed by atoms with Crippen LogP contribution in [0.15, 0.2) is 43.0 Å². The lowest BCUT2D eigenvalue weighted by Gasteiger charge is -2.20. The lowest BCUT2D eigenvalue weighted by atomic mass is 9.87. The minimum absolute atomic E-state index is 0.231. The maximum absolute atomic E-state index is 4.13. The first-order valence-electron chi connectivity index (χ1n) is 7.65. The average molecular weight is 335 g/mol. The Balaban J connectivity index is 1.91. The van der Waals surface area contributed by atoms with Gasteiger partial charge in [0.05, 0.1) is 6.33 Å². The van der Waals surface area contributed by atoms with Gasteiger partial charge in [0, 0.05) is 35.7 Å². The van der Waals surface area contributed by atoms with Crippen molar-refractivity contribution in [2.75, 3.05) is 12.0 Å². The zero-order chi connectivity index (χ0) is 16.0. The van der Waals surface area contributed by atoms with Gasteiger partial charge in [-0.3, -0.25) is 0 Å². The molecule has 22 heavy (non-hydrogen) atoms. The molecule has 120 valence electrons. The molecule has 0 bridgehead atoms. The fourth-order valence-corrected chi connectivity index (χ4v) is 4.45. The number of benzene rings is 1. The van der Waals surface area contributed by atoms with Crippen LogP contribution in [0, 0.1) is 0 Å². The second-order valence-electron chi connectivity index (χ2n) is 6.59. The van der Waals surface area contributed by atoms with E-state index in [1.807, 2.05) is 42.2 Å². The molecule has 0 aliphatic carbocycles. The molecule has 0 N–H and O–H groups in total. The Kier molecular flexibility index (Phi) is 6.45. The number of nitrogens with zero attached hydrogens (tertiary/aromatic N) is 2. The van der Waals surface area contributed by atoms with Gasteiger partial charge < -0.3 is 4.57 Å². The maximum atomic E-state index is 4.13. The van der Waals surface area contributed by atoms with Crippen molar-refractivity contribution in [2.45, 2.75) is 43.7 Å². The number of rotatable bonds is 7. The molecule has 1 aromatic carbocycles. The van der Waals surface area contributed by atoms with E-state index in [0.717, 1.165) is 12.3 Å². The summed E-state index contributed by atoms with van der Waals surface area (Å²) in [5, 5.41) is 0.617. The maximum Gasteiger partial charge on any atom is 0.0946 e. The summed E-state index contributed by atoms with van der Waals surface area (Å²) in [6.45, 7) is 7.81. The number of hydrogen-bond donors (Lipinski definition) is 0. The second kappa shape index (κ2) is 8.11. The molecule has 2 rings (SSSR count). The molecule has 4 heteroatoms. The van der Waals surface area contributed by atoms with Crippen LogP contribution in [0.1, 0.15) is 31.9 Å². The Bertz CT molecular complexity index is 541. The summed E-state index contributed by atoms with van der Waals surface area (Å²) in [7, 11) is 0. The minimum atomic E-state index is 0.231. The van der Waals surface area contributed by atoms with E-state index in [-0.39, 0.29) is 5.41 Å². The van der Waals surface area contributed by atoms with E-state index in [0.29, 0.717) is 5.25 Å². The molecule has 2 aromatic rings.